The van der Waals surface area contributed by atoms with E-state index in [9.17, 15) is 9.59 Å². The molecule has 0 saturated heterocycles. The van der Waals surface area contributed by atoms with Crippen LogP contribution in [0.1, 0.15) is 40.8 Å². The fourth-order valence-electron chi connectivity index (χ4n) is 2.28. The second-order valence-corrected chi connectivity index (χ2v) is 5.64. The number of unbranched alkanes of at least 4 members (excludes halogenated alkanes) is 1. The van der Waals surface area contributed by atoms with E-state index in [1.807, 2.05) is 6.92 Å². The van der Waals surface area contributed by atoms with Gasteiger partial charge in [0.05, 0.1) is 11.5 Å². The van der Waals surface area contributed by atoms with Crippen molar-refractivity contribution in [2.24, 2.45) is 0 Å². The van der Waals surface area contributed by atoms with Gasteiger partial charge in [0.1, 0.15) is 15.5 Å². The summed E-state index contributed by atoms with van der Waals surface area (Å²) in [7, 11) is 0. The molecule has 0 bridgehead atoms. The minimum Gasteiger partial charge on any atom is -0.477 e. The van der Waals surface area contributed by atoms with Crippen LogP contribution in [0.25, 0.3) is 10.2 Å². The molecule has 1 N–H and O–H groups in total. The molecule has 0 unspecified atom stereocenters. The van der Waals surface area contributed by atoms with Crippen LogP contribution in [-0.4, -0.2) is 20.6 Å². The van der Waals surface area contributed by atoms with Crippen molar-refractivity contribution < 1.29 is 9.90 Å². The van der Waals surface area contributed by atoms with E-state index < -0.39 is 5.97 Å². The molecule has 0 spiro atoms. The summed E-state index contributed by atoms with van der Waals surface area (Å²) in [4.78, 5) is 28.9. The van der Waals surface area contributed by atoms with Crippen molar-refractivity contribution in [2.75, 3.05) is 0 Å². The zero-order valence-corrected chi connectivity index (χ0v) is 12.7. The Labute approximate surface area is 125 Å². The van der Waals surface area contributed by atoms with Crippen LogP contribution in [0.5, 0.6) is 0 Å². The molecule has 0 aliphatic rings. The number of nitrogens with zero attached hydrogens (tertiary/aromatic N) is 3. The van der Waals surface area contributed by atoms with E-state index in [2.05, 4.69) is 11.1 Å². The van der Waals surface area contributed by atoms with Crippen LogP contribution >= 0.6 is 11.3 Å². The summed E-state index contributed by atoms with van der Waals surface area (Å²) in [5, 5.41) is 18.1. The Morgan fingerprint density at radius 2 is 2.24 bits per heavy atom. The van der Waals surface area contributed by atoms with Gasteiger partial charge in [-0.1, -0.05) is 6.92 Å². The number of aromatic carboxylic acids is 1. The van der Waals surface area contributed by atoms with Crippen LogP contribution in [-0.2, 0) is 13.0 Å². The minimum absolute atomic E-state index is 0.159. The summed E-state index contributed by atoms with van der Waals surface area (Å²) in [5.41, 5.74) is 0.257. The van der Waals surface area contributed by atoms with Gasteiger partial charge in [0.15, 0.2) is 0 Å². The predicted octanol–water partition coefficient (Wildman–Crippen LogP) is 2.33. The molecule has 0 amide bonds. The van der Waals surface area contributed by atoms with E-state index in [1.54, 1.807) is 11.5 Å². The molecular weight excluding hydrogens is 290 g/mol. The molecule has 0 radical (unpaired) electrons. The fourth-order valence-corrected chi connectivity index (χ4v) is 3.31. The molecular formula is C14H15N3O3S. The highest BCUT2D eigenvalue weighted by atomic mass is 32.1. The third kappa shape index (κ3) is 2.67. The third-order valence-electron chi connectivity index (χ3n) is 3.31. The number of thiophene rings is 1. The summed E-state index contributed by atoms with van der Waals surface area (Å²) in [6.07, 6.45) is 1.53. The highest BCUT2D eigenvalue weighted by molar-refractivity contribution is 7.20. The van der Waals surface area contributed by atoms with Gasteiger partial charge in [-0.05, 0) is 18.9 Å². The molecule has 21 heavy (non-hydrogen) atoms. The van der Waals surface area contributed by atoms with Crippen molar-refractivity contribution in [3.05, 3.63) is 26.6 Å². The maximum absolute atomic E-state index is 12.6. The second-order valence-electron chi connectivity index (χ2n) is 4.64. The molecule has 6 nitrogen and oxygen atoms in total. The number of hydrogen-bond acceptors (Lipinski definition) is 5. The topological polar surface area (TPSA) is 96.0 Å². The highest BCUT2D eigenvalue weighted by Gasteiger charge is 2.20. The largest absolute Gasteiger partial charge is 0.477 e. The van der Waals surface area contributed by atoms with E-state index in [1.165, 1.54) is 0 Å². The van der Waals surface area contributed by atoms with Crippen LogP contribution in [0.15, 0.2) is 4.79 Å². The van der Waals surface area contributed by atoms with Gasteiger partial charge in [-0.15, -0.1) is 11.3 Å². The molecule has 0 aliphatic heterocycles. The normalized spacial score (nSPS) is 10.7. The van der Waals surface area contributed by atoms with Gasteiger partial charge >= 0.3 is 5.97 Å². The first kappa shape index (κ1) is 15.2. The quantitative estimate of drug-likeness (QED) is 0.855. The van der Waals surface area contributed by atoms with Gasteiger partial charge in [0.2, 0.25) is 0 Å². The molecule has 0 fully saturated rings. The van der Waals surface area contributed by atoms with Crippen molar-refractivity contribution in [3.63, 3.8) is 0 Å². The van der Waals surface area contributed by atoms with Crippen molar-refractivity contribution in [1.82, 2.24) is 9.55 Å². The maximum Gasteiger partial charge on any atom is 0.346 e. The minimum atomic E-state index is -1.04. The molecule has 2 aromatic heterocycles. The molecule has 2 rings (SSSR count). The molecule has 2 heterocycles. The van der Waals surface area contributed by atoms with Crippen LogP contribution in [0.2, 0.25) is 0 Å². The third-order valence-corrected chi connectivity index (χ3v) is 4.48. The lowest BCUT2D eigenvalue weighted by atomic mass is 10.2. The van der Waals surface area contributed by atoms with E-state index in [4.69, 9.17) is 10.4 Å². The van der Waals surface area contributed by atoms with E-state index in [-0.39, 0.29) is 10.4 Å². The van der Waals surface area contributed by atoms with Crippen LogP contribution in [0.4, 0.5) is 0 Å². The van der Waals surface area contributed by atoms with Gasteiger partial charge < -0.3 is 5.11 Å². The second kappa shape index (κ2) is 6.06. The fraction of sp³-hybridized carbons (Fsp3) is 0.429. The first-order valence-electron chi connectivity index (χ1n) is 6.64. The Bertz CT molecular complexity index is 798. The summed E-state index contributed by atoms with van der Waals surface area (Å²) in [6.45, 7) is 3.96. The van der Waals surface area contributed by atoms with Crippen LogP contribution in [0.3, 0.4) is 0 Å². The van der Waals surface area contributed by atoms with Crippen molar-refractivity contribution in [2.45, 2.75) is 39.7 Å². The van der Waals surface area contributed by atoms with Gasteiger partial charge in [0, 0.05) is 19.4 Å². The summed E-state index contributed by atoms with van der Waals surface area (Å²) >= 11 is 1.04. The lowest BCUT2D eigenvalue weighted by Gasteiger charge is -2.10. The van der Waals surface area contributed by atoms with Gasteiger partial charge in [-0.2, -0.15) is 5.26 Å². The van der Waals surface area contributed by atoms with E-state index >= 15 is 0 Å². The van der Waals surface area contributed by atoms with Crippen molar-refractivity contribution >= 4 is 27.5 Å². The monoisotopic (exact) mass is 305 g/mol. The number of carboxylic acids is 1. The van der Waals surface area contributed by atoms with Crippen LogP contribution in [0, 0.1) is 18.3 Å². The Morgan fingerprint density at radius 1 is 1.52 bits per heavy atom. The number of rotatable bonds is 5. The number of aryl methyl sites for hydroxylation is 2. The first-order chi connectivity index (χ1) is 10.0. The SMILES string of the molecule is CCc1nc2sc(C(=O)O)c(C)c2c(=O)n1CCCC#N. The molecule has 110 valence electrons. The zero-order chi connectivity index (χ0) is 15.6. The standard InChI is InChI=1S/C14H15N3O3S/c1-3-9-16-12-10(8(2)11(21-12)14(19)20)13(18)17(9)7-5-4-6-15/h3-5,7H2,1-2H3,(H,19,20). The number of hydrogen-bond donors (Lipinski definition) is 1. The average Bonchev–Trinajstić information content (AvgIpc) is 2.78. The maximum atomic E-state index is 12.6. The number of nitriles is 1. The molecule has 0 aliphatic carbocycles. The highest BCUT2D eigenvalue weighted by Crippen LogP contribution is 2.27. The van der Waals surface area contributed by atoms with Crippen molar-refractivity contribution in [1.29, 1.82) is 5.26 Å². The number of aromatic nitrogens is 2. The Kier molecular flexibility index (Phi) is 4.38. The molecule has 7 heteroatoms. The number of carboxylic acid groups (broad SMARTS) is 1. The lowest BCUT2D eigenvalue weighted by Crippen LogP contribution is -2.25. The summed E-state index contributed by atoms with van der Waals surface area (Å²) in [6, 6.07) is 2.05. The molecule has 0 atom stereocenters. The summed E-state index contributed by atoms with van der Waals surface area (Å²) < 4.78 is 1.56. The molecule has 2 aromatic rings. The van der Waals surface area contributed by atoms with Crippen molar-refractivity contribution in [3.8, 4) is 6.07 Å². The smallest absolute Gasteiger partial charge is 0.346 e. The predicted molar refractivity (Wildman–Crippen MR) is 79.8 cm³/mol. The number of fused-ring (bicyclic) bond motifs is 1. The van der Waals surface area contributed by atoms with Crippen LogP contribution < -0.4 is 5.56 Å². The first-order valence-corrected chi connectivity index (χ1v) is 7.46. The summed E-state index contributed by atoms with van der Waals surface area (Å²) in [5.74, 6) is -0.410. The average molecular weight is 305 g/mol. The van der Waals surface area contributed by atoms with Gasteiger partial charge in [-0.3, -0.25) is 9.36 Å². The lowest BCUT2D eigenvalue weighted by molar-refractivity contribution is 0.0701. The molecule has 0 aromatic carbocycles. The van der Waals surface area contributed by atoms with Gasteiger partial charge in [0.25, 0.3) is 5.56 Å². The Morgan fingerprint density at radius 3 is 2.81 bits per heavy atom. The Balaban J connectivity index is 2.66. The Hall–Kier alpha value is -2.20. The molecule has 0 saturated carbocycles. The van der Waals surface area contributed by atoms with E-state index in [0.717, 1.165) is 11.3 Å². The zero-order valence-electron chi connectivity index (χ0n) is 11.8. The van der Waals surface area contributed by atoms with Gasteiger partial charge in [-0.25, -0.2) is 9.78 Å². The van der Waals surface area contributed by atoms with E-state index in [0.29, 0.717) is 47.4 Å². The number of carbonyl (C=O) groups is 1.